The Bertz CT molecular complexity index is 831. The van der Waals surface area contributed by atoms with Crippen LogP contribution in [-0.4, -0.2) is 27.8 Å². The Kier molecular flexibility index (Phi) is 5.05. The van der Waals surface area contributed by atoms with Gasteiger partial charge in [-0.05, 0) is 32.4 Å². The van der Waals surface area contributed by atoms with Gasteiger partial charge in [-0.3, -0.25) is 14.8 Å². The summed E-state index contributed by atoms with van der Waals surface area (Å²) < 4.78 is 1.79. The maximum Gasteiger partial charge on any atom is 0.322 e. The van der Waals surface area contributed by atoms with E-state index in [1.54, 1.807) is 4.68 Å². The first kappa shape index (κ1) is 17.3. The van der Waals surface area contributed by atoms with Gasteiger partial charge in [0.1, 0.15) is 0 Å². The van der Waals surface area contributed by atoms with E-state index in [9.17, 15) is 9.59 Å². The van der Waals surface area contributed by atoms with Crippen molar-refractivity contribution in [3.8, 4) is 11.8 Å². The summed E-state index contributed by atoms with van der Waals surface area (Å²) in [5.41, 5.74) is 4.18. The van der Waals surface area contributed by atoms with Crippen LogP contribution in [0.5, 0.6) is 0 Å². The van der Waals surface area contributed by atoms with Gasteiger partial charge in [0, 0.05) is 23.9 Å². The predicted molar refractivity (Wildman–Crippen MR) is 92.9 cm³/mol. The van der Waals surface area contributed by atoms with Crippen LogP contribution in [0.1, 0.15) is 23.9 Å². The molecule has 1 aromatic heterocycles. The van der Waals surface area contributed by atoms with Gasteiger partial charge in [0.2, 0.25) is 0 Å². The molecule has 0 radical (unpaired) electrons. The molecule has 1 aromatic rings. The number of urea groups is 1. The fraction of sp³-hybridized carbons (Fsp3) is 0.278. The first-order valence-electron chi connectivity index (χ1n) is 7.50. The van der Waals surface area contributed by atoms with Crippen molar-refractivity contribution in [1.82, 2.24) is 20.4 Å². The van der Waals surface area contributed by atoms with Gasteiger partial charge in [-0.1, -0.05) is 30.6 Å². The molecule has 2 heterocycles. The van der Waals surface area contributed by atoms with Crippen LogP contribution in [-0.2, 0) is 11.8 Å². The maximum atomic E-state index is 11.6. The van der Waals surface area contributed by atoms with E-state index < -0.39 is 18.0 Å². The van der Waals surface area contributed by atoms with Gasteiger partial charge < -0.3 is 5.32 Å². The highest BCUT2D eigenvalue weighted by Crippen LogP contribution is 2.26. The third-order valence-electron chi connectivity index (χ3n) is 3.72. The van der Waals surface area contributed by atoms with Crippen molar-refractivity contribution in [3.05, 3.63) is 47.3 Å². The average molecular weight is 324 g/mol. The van der Waals surface area contributed by atoms with Crippen LogP contribution in [0.25, 0.3) is 5.57 Å². The lowest BCUT2D eigenvalue weighted by Crippen LogP contribution is -2.26. The van der Waals surface area contributed by atoms with E-state index in [0.717, 1.165) is 22.5 Å². The van der Waals surface area contributed by atoms with Gasteiger partial charge in [-0.2, -0.15) is 5.10 Å². The Morgan fingerprint density at radius 1 is 1.38 bits per heavy atom. The van der Waals surface area contributed by atoms with Crippen LogP contribution in [0.2, 0.25) is 0 Å². The van der Waals surface area contributed by atoms with Crippen LogP contribution in [0.3, 0.4) is 0 Å². The highest BCUT2D eigenvalue weighted by atomic mass is 16.2. The lowest BCUT2D eigenvalue weighted by molar-refractivity contribution is -0.119. The topological polar surface area (TPSA) is 76.0 Å². The molecule has 3 amide bonds. The van der Waals surface area contributed by atoms with Gasteiger partial charge in [-0.25, -0.2) is 4.79 Å². The molecule has 1 atom stereocenters. The Morgan fingerprint density at radius 3 is 2.58 bits per heavy atom. The minimum absolute atomic E-state index is 0.447. The van der Waals surface area contributed by atoms with Crippen molar-refractivity contribution in [2.24, 2.45) is 7.05 Å². The molecule has 124 valence electrons. The second-order valence-electron chi connectivity index (χ2n) is 5.42. The molecule has 1 aliphatic heterocycles. The second kappa shape index (κ2) is 7.01. The summed E-state index contributed by atoms with van der Waals surface area (Å²) in [5, 5.41) is 9.01. The molecule has 1 saturated heterocycles. The van der Waals surface area contributed by atoms with Crippen LogP contribution < -0.4 is 10.6 Å². The van der Waals surface area contributed by atoms with Crippen LogP contribution in [0.15, 0.2) is 30.4 Å². The first-order chi connectivity index (χ1) is 11.3. The molecule has 1 fully saturated rings. The normalized spacial score (nSPS) is 17.5. The van der Waals surface area contributed by atoms with E-state index in [1.807, 2.05) is 46.0 Å². The molecular weight excluding hydrogens is 304 g/mol. The quantitative estimate of drug-likeness (QED) is 0.505. The molecule has 6 nitrogen and oxygen atoms in total. The highest BCUT2D eigenvalue weighted by molar-refractivity contribution is 6.06. The molecular formula is C18H20N4O2. The largest absolute Gasteiger partial charge is 0.322 e. The molecule has 6 heteroatoms. The van der Waals surface area contributed by atoms with Crippen LogP contribution in [0.4, 0.5) is 4.79 Å². The summed E-state index contributed by atoms with van der Waals surface area (Å²) in [4.78, 5) is 22.8. The number of imide groups is 1. The zero-order valence-corrected chi connectivity index (χ0v) is 14.2. The van der Waals surface area contributed by atoms with Crippen molar-refractivity contribution in [2.45, 2.75) is 26.8 Å². The highest BCUT2D eigenvalue weighted by Gasteiger charge is 2.27. The number of carbonyl (C=O) groups excluding carboxylic acids is 2. The summed E-state index contributed by atoms with van der Waals surface area (Å²) in [5.74, 6) is 5.29. The first-order valence-corrected chi connectivity index (χ1v) is 7.50. The number of hydrogen-bond acceptors (Lipinski definition) is 3. The summed E-state index contributed by atoms with van der Waals surface area (Å²) in [6.45, 7) is 9.92. The van der Waals surface area contributed by atoms with Gasteiger partial charge in [0.25, 0.3) is 5.91 Å². The minimum atomic E-state index is -0.851. The van der Waals surface area contributed by atoms with E-state index in [0.29, 0.717) is 5.57 Å². The number of allylic oxidation sites excluding steroid dienone is 5. The third kappa shape index (κ3) is 3.46. The van der Waals surface area contributed by atoms with Crippen LogP contribution in [0, 0.1) is 25.7 Å². The SMILES string of the molecule is C=C(/C(C#CC1NC(=O)NC1=O)=C\C=C/C)c1c(C)nn(C)c1C. The molecule has 0 bridgehead atoms. The van der Waals surface area contributed by atoms with E-state index in [-0.39, 0.29) is 0 Å². The molecule has 0 aromatic carbocycles. The number of amides is 3. The lowest BCUT2D eigenvalue weighted by atomic mass is 9.97. The molecule has 1 aliphatic rings. The van der Waals surface area contributed by atoms with Gasteiger partial charge in [0.15, 0.2) is 6.04 Å². The fourth-order valence-electron chi connectivity index (χ4n) is 2.42. The lowest BCUT2D eigenvalue weighted by Gasteiger charge is -2.06. The number of aromatic nitrogens is 2. The zero-order chi connectivity index (χ0) is 17.9. The Labute approximate surface area is 141 Å². The summed E-state index contributed by atoms with van der Waals surface area (Å²) >= 11 is 0. The van der Waals surface area contributed by atoms with E-state index in [1.165, 1.54) is 0 Å². The van der Waals surface area contributed by atoms with E-state index in [2.05, 4.69) is 34.2 Å². The van der Waals surface area contributed by atoms with E-state index in [4.69, 9.17) is 0 Å². The maximum absolute atomic E-state index is 11.6. The number of carbonyl (C=O) groups is 2. The van der Waals surface area contributed by atoms with E-state index >= 15 is 0 Å². The fourth-order valence-corrected chi connectivity index (χ4v) is 2.42. The van der Waals surface area contributed by atoms with Gasteiger partial charge >= 0.3 is 6.03 Å². The van der Waals surface area contributed by atoms with Crippen molar-refractivity contribution >= 4 is 17.5 Å². The number of aryl methyl sites for hydroxylation is 2. The monoisotopic (exact) mass is 324 g/mol. The number of nitrogens with zero attached hydrogens (tertiary/aromatic N) is 2. The van der Waals surface area contributed by atoms with Crippen molar-refractivity contribution in [2.75, 3.05) is 0 Å². The smallest absolute Gasteiger partial charge is 0.316 e. The minimum Gasteiger partial charge on any atom is -0.316 e. The molecule has 2 rings (SSSR count). The molecule has 24 heavy (non-hydrogen) atoms. The summed E-state index contributed by atoms with van der Waals surface area (Å²) in [7, 11) is 1.87. The van der Waals surface area contributed by atoms with Gasteiger partial charge in [-0.15, -0.1) is 0 Å². The molecule has 0 spiro atoms. The van der Waals surface area contributed by atoms with Crippen molar-refractivity contribution in [3.63, 3.8) is 0 Å². The number of nitrogens with one attached hydrogen (secondary N) is 2. The Hall–Kier alpha value is -3.07. The molecule has 2 N–H and O–H groups in total. The summed E-state index contributed by atoms with van der Waals surface area (Å²) in [6.07, 6.45) is 5.56. The zero-order valence-electron chi connectivity index (χ0n) is 14.2. The van der Waals surface area contributed by atoms with Crippen molar-refractivity contribution < 1.29 is 9.59 Å². The van der Waals surface area contributed by atoms with Crippen molar-refractivity contribution in [1.29, 1.82) is 0 Å². The van der Waals surface area contributed by atoms with Gasteiger partial charge in [0.05, 0.1) is 5.69 Å². The second-order valence-corrected chi connectivity index (χ2v) is 5.42. The molecule has 1 unspecified atom stereocenters. The summed E-state index contributed by atoms with van der Waals surface area (Å²) in [6, 6.07) is -1.38. The standard InChI is InChI=1S/C18H20N4O2/c1-6-7-8-14(9-10-15-17(23)20-18(24)19-15)11(2)16-12(3)21-22(5)13(16)4/h6-8,15H,2H2,1,3-5H3,(H2,19,20,23,24)/b7-6-,14-8-. The third-order valence-corrected chi connectivity index (χ3v) is 3.72. The molecule has 0 aliphatic carbocycles. The number of rotatable bonds is 3. The van der Waals surface area contributed by atoms with Crippen LogP contribution >= 0.6 is 0 Å². The average Bonchev–Trinajstić information content (AvgIpc) is 2.97. The molecule has 0 saturated carbocycles. The number of hydrogen-bond donors (Lipinski definition) is 2. The predicted octanol–water partition coefficient (Wildman–Crippen LogP) is 1.76. The Balaban J connectivity index is 2.38. The Morgan fingerprint density at radius 2 is 2.08 bits per heavy atom.